The standard InChI is InChI=1S/C10H16S/c1-11-9-5-3-2-4-6-10-7-8-10/h10H,4-9H2,1H3. The Morgan fingerprint density at radius 3 is 2.64 bits per heavy atom. The lowest BCUT2D eigenvalue weighted by Gasteiger charge is -1.87. The van der Waals surface area contributed by atoms with Crippen molar-refractivity contribution in [2.45, 2.75) is 32.1 Å². The van der Waals surface area contributed by atoms with Crippen molar-refractivity contribution in [1.29, 1.82) is 0 Å². The highest BCUT2D eigenvalue weighted by atomic mass is 32.2. The highest BCUT2D eigenvalue weighted by Crippen LogP contribution is 2.33. The molecule has 11 heavy (non-hydrogen) atoms. The van der Waals surface area contributed by atoms with E-state index < -0.39 is 0 Å². The molecule has 0 bridgehead atoms. The van der Waals surface area contributed by atoms with E-state index in [1.165, 1.54) is 25.0 Å². The second-order valence-electron chi connectivity index (χ2n) is 3.08. The zero-order valence-corrected chi connectivity index (χ0v) is 8.04. The van der Waals surface area contributed by atoms with E-state index in [2.05, 4.69) is 18.1 Å². The highest BCUT2D eigenvalue weighted by molar-refractivity contribution is 7.98. The summed E-state index contributed by atoms with van der Waals surface area (Å²) in [7, 11) is 0. The Labute approximate surface area is 74.1 Å². The summed E-state index contributed by atoms with van der Waals surface area (Å²) in [5, 5.41) is 0. The molecule has 62 valence electrons. The summed E-state index contributed by atoms with van der Waals surface area (Å²) in [5.74, 6) is 8.66. The van der Waals surface area contributed by atoms with Crippen LogP contribution in [0.1, 0.15) is 32.1 Å². The summed E-state index contributed by atoms with van der Waals surface area (Å²) >= 11 is 1.88. The van der Waals surface area contributed by atoms with E-state index in [0.29, 0.717) is 0 Å². The van der Waals surface area contributed by atoms with Crippen molar-refractivity contribution in [2.75, 3.05) is 12.0 Å². The molecule has 1 fully saturated rings. The van der Waals surface area contributed by atoms with Crippen molar-refractivity contribution in [3.8, 4) is 11.8 Å². The molecule has 0 N–H and O–H groups in total. The molecule has 0 unspecified atom stereocenters. The second-order valence-corrected chi connectivity index (χ2v) is 4.06. The van der Waals surface area contributed by atoms with E-state index in [9.17, 15) is 0 Å². The van der Waals surface area contributed by atoms with Gasteiger partial charge in [-0.25, -0.2) is 0 Å². The van der Waals surface area contributed by atoms with Crippen LogP contribution in [0.2, 0.25) is 0 Å². The Bertz CT molecular complexity index is 148. The largest absolute Gasteiger partial charge is 0.164 e. The van der Waals surface area contributed by atoms with Gasteiger partial charge in [-0.2, -0.15) is 11.8 Å². The van der Waals surface area contributed by atoms with Crippen LogP contribution in [0, 0.1) is 17.8 Å². The number of hydrogen-bond acceptors (Lipinski definition) is 1. The molecule has 0 spiro atoms. The molecule has 0 aliphatic heterocycles. The first-order valence-electron chi connectivity index (χ1n) is 4.38. The molecule has 1 aliphatic carbocycles. The molecule has 1 rings (SSSR count). The molecular formula is C10H16S. The molecule has 0 radical (unpaired) electrons. The summed E-state index contributed by atoms with van der Waals surface area (Å²) in [4.78, 5) is 0. The monoisotopic (exact) mass is 168 g/mol. The number of rotatable bonds is 4. The Balaban J connectivity index is 1.85. The Hall–Kier alpha value is -0.0900. The zero-order chi connectivity index (χ0) is 7.94. The first-order chi connectivity index (χ1) is 5.43. The van der Waals surface area contributed by atoms with Crippen molar-refractivity contribution < 1.29 is 0 Å². The minimum absolute atomic E-state index is 1.05. The van der Waals surface area contributed by atoms with Gasteiger partial charge in [0.05, 0.1) is 0 Å². The normalized spacial score (nSPS) is 15.7. The third kappa shape index (κ3) is 5.21. The zero-order valence-electron chi connectivity index (χ0n) is 7.23. The molecule has 1 saturated carbocycles. The van der Waals surface area contributed by atoms with Gasteiger partial charge >= 0.3 is 0 Å². The summed E-state index contributed by atoms with van der Waals surface area (Å²) in [6.45, 7) is 0. The van der Waals surface area contributed by atoms with Gasteiger partial charge in [0.1, 0.15) is 0 Å². The first kappa shape index (κ1) is 9.00. The average molecular weight is 168 g/mol. The van der Waals surface area contributed by atoms with Gasteiger partial charge in [-0.15, -0.1) is 11.8 Å². The van der Waals surface area contributed by atoms with Crippen molar-refractivity contribution >= 4 is 11.8 Å². The van der Waals surface area contributed by atoms with Gasteiger partial charge in [0, 0.05) is 18.6 Å². The van der Waals surface area contributed by atoms with E-state index in [1.807, 2.05) is 11.8 Å². The maximum atomic E-state index is 3.23. The van der Waals surface area contributed by atoms with Crippen LogP contribution in [0.3, 0.4) is 0 Å². The van der Waals surface area contributed by atoms with Gasteiger partial charge in [0.15, 0.2) is 0 Å². The number of hydrogen-bond donors (Lipinski definition) is 0. The van der Waals surface area contributed by atoms with E-state index in [4.69, 9.17) is 0 Å². The fraction of sp³-hybridized carbons (Fsp3) is 0.800. The molecule has 0 heterocycles. The highest BCUT2D eigenvalue weighted by Gasteiger charge is 2.19. The minimum Gasteiger partial charge on any atom is -0.164 e. The van der Waals surface area contributed by atoms with Gasteiger partial charge < -0.3 is 0 Å². The number of thioether (sulfide) groups is 1. The lowest BCUT2D eigenvalue weighted by Crippen LogP contribution is -1.75. The molecular weight excluding hydrogens is 152 g/mol. The molecule has 0 nitrogen and oxygen atoms in total. The second kappa shape index (κ2) is 5.55. The van der Waals surface area contributed by atoms with Gasteiger partial charge in [0.2, 0.25) is 0 Å². The molecule has 0 saturated heterocycles. The molecule has 0 aromatic heterocycles. The summed E-state index contributed by atoms with van der Waals surface area (Å²) in [6.07, 6.45) is 8.63. The first-order valence-corrected chi connectivity index (χ1v) is 5.77. The van der Waals surface area contributed by atoms with Crippen LogP contribution in [0.15, 0.2) is 0 Å². The topological polar surface area (TPSA) is 0 Å². The van der Waals surface area contributed by atoms with Crippen molar-refractivity contribution in [3.63, 3.8) is 0 Å². The van der Waals surface area contributed by atoms with Gasteiger partial charge in [-0.3, -0.25) is 0 Å². The van der Waals surface area contributed by atoms with E-state index in [1.54, 1.807) is 0 Å². The predicted octanol–water partition coefficient (Wildman–Crippen LogP) is 2.93. The minimum atomic E-state index is 1.05. The van der Waals surface area contributed by atoms with Crippen LogP contribution in [0.4, 0.5) is 0 Å². The van der Waals surface area contributed by atoms with Gasteiger partial charge in [-0.05, 0) is 18.6 Å². The van der Waals surface area contributed by atoms with Gasteiger partial charge in [-0.1, -0.05) is 12.8 Å². The maximum Gasteiger partial charge on any atom is 0.0179 e. The lowest BCUT2D eigenvalue weighted by atomic mass is 10.2. The summed E-state index contributed by atoms with van der Waals surface area (Å²) in [6, 6.07) is 0. The van der Waals surface area contributed by atoms with Crippen LogP contribution in [0.25, 0.3) is 0 Å². The smallest absolute Gasteiger partial charge is 0.0179 e. The quantitative estimate of drug-likeness (QED) is 0.459. The Morgan fingerprint density at radius 1 is 1.27 bits per heavy atom. The van der Waals surface area contributed by atoms with Gasteiger partial charge in [0.25, 0.3) is 0 Å². The summed E-state index contributed by atoms with van der Waals surface area (Å²) in [5.41, 5.74) is 0. The third-order valence-electron chi connectivity index (χ3n) is 1.93. The molecule has 0 aromatic carbocycles. The SMILES string of the molecule is CSCCC#CCCC1CC1. The fourth-order valence-corrected chi connectivity index (χ4v) is 1.32. The third-order valence-corrected chi connectivity index (χ3v) is 2.54. The Morgan fingerprint density at radius 2 is 2.00 bits per heavy atom. The molecule has 0 aromatic rings. The van der Waals surface area contributed by atoms with E-state index >= 15 is 0 Å². The fourth-order valence-electron chi connectivity index (χ4n) is 1.01. The van der Waals surface area contributed by atoms with Crippen LogP contribution < -0.4 is 0 Å². The summed E-state index contributed by atoms with van der Waals surface area (Å²) < 4.78 is 0. The average Bonchev–Trinajstić information content (AvgIpc) is 2.80. The van der Waals surface area contributed by atoms with Crippen LogP contribution >= 0.6 is 11.8 Å². The van der Waals surface area contributed by atoms with Crippen molar-refractivity contribution in [3.05, 3.63) is 0 Å². The van der Waals surface area contributed by atoms with Crippen LogP contribution in [0.5, 0.6) is 0 Å². The van der Waals surface area contributed by atoms with Crippen molar-refractivity contribution in [2.24, 2.45) is 5.92 Å². The van der Waals surface area contributed by atoms with E-state index in [-0.39, 0.29) is 0 Å². The predicted molar refractivity (Wildman–Crippen MR) is 52.7 cm³/mol. The lowest BCUT2D eigenvalue weighted by molar-refractivity contribution is 0.752. The molecule has 1 heteroatoms. The molecule has 0 atom stereocenters. The van der Waals surface area contributed by atoms with Crippen LogP contribution in [-0.2, 0) is 0 Å². The molecule has 0 amide bonds. The van der Waals surface area contributed by atoms with Crippen molar-refractivity contribution in [1.82, 2.24) is 0 Å². The Kier molecular flexibility index (Phi) is 4.54. The molecule has 1 aliphatic rings. The maximum absolute atomic E-state index is 3.23. The van der Waals surface area contributed by atoms with Crippen LogP contribution in [-0.4, -0.2) is 12.0 Å². The van der Waals surface area contributed by atoms with E-state index in [0.717, 1.165) is 18.8 Å².